The van der Waals surface area contributed by atoms with Gasteiger partial charge in [-0.25, -0.2) is 9.78 Å². The van der Waals surface area contributed by atoms with Crippen molar-refractivity contribution in [1.29, 1.82) is 0 Å². The molecule has 2 aromatic heterocycles. The van der Waals surface area contributed by atoms with Crippen LogP contribution in [0.3, 0.4) is 0 Å². The van der Waals surface area contributed by atoms with Gasteiger partial charge in [-0.1, -0.05) is 0 Å². The molecule has 0 saturated heterocycles. The molecule has 4 rings (SSSR count). The molecule has 0 bridgehead atoms. The van der Waals surface area contributed by atoms with Crippen LogP contribution in [0.2, 0.25) is 0 Å². The van der Waals surface area contributed by atoms with Gasteiger partial charge in [0.2, 0.25) is 0 Å². The van der Waals surface area contributed by atoms with Crippen molar-refractivity contribution in [2.45, 2.75) is 50.0 Å². The Morgan fingerprint density at radius 2 is 1.88 bits per heavy atom. The zero-order valence-electron chi connectivity index (χ0n) is 14.7. The summed E-state index contributed by atoms with van der Waals surface area (Å²) in [6.45, 7) is 0. The number of esters is 1. The van der Waals surface area contributed by atoms with E-state index in [9.17, 15) is 9.59 Å². The van der Waals surface area contributed by atoms with E-state index < -0.39 is 12.0 Å². The highest BCUT2D eigenvalue weighted by atomic mass is 16.5. The Bertz CT molecular complexity index is 780. The summed E-state index contributed by atoms with van der Waals surface area (Å²) in [5, 5.41) is 2.81. The molecule has 2 aliphatic carbocycles. The quantitative estimate of drug-likeness (QED) is 0.742. The Morgan fingerprint density at radius 3 is 2.38 bits per heavy atom. The number of nitrogens with one attached hydrogen (secondary N) is 2. The van der Waals surface area contributed by atoms with Gasteiger partial charge in [-0.15, -0.1) is 0 Å². The first kappa shape index (κ1) is 16.8. The molecule has 1 amide bonds. The first-order valence-corrected chi connectivity index (χ1v) is 9.02. The lowest BCUT2D eigenvalue weighted by atomic mass is 10.1. The van der Waals surface area contributed by atoms with E-state index in [0.29, 0.717) is 23.8 Å². The van der Waals surface area contributed by atoms with Crippen LogP contribution >= 0.6 is 0 Å². The summed E-state index contributed by atoms with van der Waals surface area (Å²) in [6, 6.07) is 2.96. The van der Waals surface area contributed by atoms with Crippen LogP contribution in [-0.2, 0) is 16.0 Å². The summed E-state index contributed by atoms with van der Waals surface area (Å²) in [5.41, 5.74) is 3.33. The number of pyridine rings is 1. The SMILES string of the molecule is COC(=O)[C@@H](Cc1cnc[nH]1)NC(=O)c1cc(C2CC2)nc(C2CC2)c1. The van der Waals surface area contributed by atoms with Crippen LogP contribution in [0.5, 0.6) is 0 Å². The highest BCUT2D eigenvalue weighted by molar-refractivity contribution is 5.97. The van der Waals surface area contributed by atoms with Gasteiger partial charge in [-0.05, 0) is 37.8 Å². The van der Waals surface area contributed by atoms with Gasteiger partial charge >= 0.3 is 5.97 Å². The fourth-order valence-electron chi connectivity index (χ4n) is 3.07. The van der Waals surface area contributed by atoms with E-state index in [1.54, 1.807) is 6.20 Å². The van der Waals surface area contributed by atoms with E-state index in [1.807, 2.05) is 12.1 Å². The molecule has 2 aliphatic rings. The molecule has 0 aromatic carbocycles. The molecule has 1 atom stereocenters. The minimum atomic E-state index is -0.769. The molecule has 7 heteroatoms. The van der Waals surface area contributed by atoms with Crippen molar-refractivity contribution in [1.82, 2.24) is 20.3 Å². The van der Waals surface area contributed by atoms with E-state index in [1.165, 1.54) is 13.4 Å². The zero-order valence-corrected chi connectivity index (χ0v) is 14.7. The van der Waals surface area contributed by atoms with Gasteiger partial charge in [0.25, 0.3) is 5.91 Å². The first-order valence-electron chi connectivity index (χ1n) is 9.02. The third kappa shape index (κ3) is 3.76. The zero-order chi connectivity index (χ0) is 18.1. The minimum Gasteiger partial charge on any atom is -0.467 e. The van der Waals surface area contributed by atoms with Crippen molar-refractivity contribution in [3.05, 3.63) is 47.3 Å². The highest BCUT2D eigenvalue weighted by Crippen LogP contribution is 2.43. The standard InChI is InChI=1S/C19H22N4O3/c1-26-19(25)17(8-14-9-20-10-21-14)23-18(24)13-6-15(11-2-3-11)22-16(7-13)12-4-5-12/h6-7,9-12,17H,2-5,8H2,1H3,(H,20,21)(H,23,24)/t17-/m1/s1. The summed E-state index contributed by atoms with van der Waals surface area (Å²) in [5.74, 6) is 0.196. The minimum absolute atomic E-state index is 0.272. The van der Waals surface area contributed by atoms with Crippen molar-refractivity contribution in [3.63, 3.8) is 0 Å². The molecule has 2 aromatic rings. The maximum atomic E-state index is 12.8. The number of aromatic amines is 1. The lowest BCUT2D eigenvalue weighted by Gasteiger charge is -2.16. The second-order valence-corrected chi connectivity index (χ2v) is 7.08. The van der Waals surface area contributed by atoms with Crippen LogP contribution < -0.4 is 5.32 Å². The Labute approximate surface area is 151 Å². The van der Waals surface area contributed by atoms with Gasteiger partial charge in [0.15, 0.2) is 0 Å². The molecule has 136 valence electrons. The molecule has 0 radical (unpaired) electrons. The van der Waals surface area contributed by atoms with E-state index in [-0.39, 0.29) is 5.91 Å². The van der Waals surface area contributed by atoms with Gasteiger partial charge in [0.1, 0.15) is 6.04 Å². The second-order valence-electron chi connectivity index (χ2n) is 7.08. The Morgan fingerprint density at radius 1 is 1.23 bits per heavy atom. The summed E-state index contributed by atoms with van der Waals surface area (Å²) >= 11 is 0. The number of hydrogen-bond donors (Lipinski definition) is 2. The number of rotatable bonds is 7. The van der Waals surface area contributed by atoms with Crippen LogP contribution in [0.1, 0.15) is 65.0 Å². The number of nitrogens with zero attached hydrogens (tertiary/aromatic N) is 2. The Kier molecular flexibility index (Phi) is 4.44. The summed E-state index contributed by atoms with van der Waals surface area (Å²) in [4.78, 5) is 36.5. The van der Waals surface area contributed by atoms with Crippen molar-refractivity contribution < 1.29 is 14.3 Å². The number of ether oxygens (including phenoxy) is 1. The third-order valence-corrected chi connectivity index (χ3v) is 4.89. The van der Waals surface area contributed by atoms with Gasteiger partial charge < -0.3 is 15.0 Å². The lowest BCUT2D eigenvalue weighted by molar-refractivity contribution is -0.142. The number of aromatic nitrogens is 3. The molecular formula is C19H22N4O3. The molecule has 2 saturated carbocycles. The Balaban J connectivity index is 1.54. The molecule has 0 spiro atoms. The highest BCUT2D eigenvalue weighted by Gasteiger charge is 2.31. The molecule has 0 unspecified atom stereocenters. The molecule has 0 aliphatic heterocycles. The van der Waals surface area contributed by atoms with Gasteiger partial charge in [0.05, 0.1) is 13.4 Å². The lowest BCUT2D eigenvalue weighted by Crippen LogP contribution is -2.43. The number of H-pyrrole nitrogens is 1. The molecular weight excluding hydrogens is 332 g/mol. The van der Waals surface area contributed by atoms with Crippen LogP contribution in [0.4, 0.5) is 0 Å². The van der Waals surface area contributed by atoms with E-state index in [4.69, 9.17) is 9.72 Å². The van der Waals surface area contributed by atoms with Crippen LogP contribution in [0.25, 0.3) is 0 Å². The fraction of sp³-hybridized carbons (Fsp3) is 0.474. The average Bonchev–Trinajstić information content (AvgIpc) is 3.58. The summed E-state index contributed by atoms with van der Waals surface area (Å²) < 4.78 is 4.84. The topological polar surface area (TPSA) is 97.0 Å². The van der Waals surface area contributed by atoms with Gasteiger partial charge in [-0.3, -0.25) is 9.78 Å². The van der Waals surface area contributed by atoms with Crippen molar-refractivity contribution in [3.8, 4) is 0 Å². The maximum Gasteiger partial charge on any atom is 0.328 e. The fourth-order valence-corrected chi connectivity index (χ4v) is 3.07. The summed E-state index contributed by atoms with van der Waals surface area (Å²) in [7, 11) is 1.32. The smallest absolute Gasteiger partial charge is 0.328 e. The van der Waals surface area contributed by atoms with E-state index in [0.717, 1.165) is 42.8 Å². The number of hydrogen-bond acceptors (Lipinski definition) is 5. The summed E-state index contributed by atoms with van der Waals surface area (Å²) in [6.07, 6.45) is 8.00. The largest absolute Gasteiger partial charge is 0.467 e. The monoisotopic (exact) mass is 354 g/mol. The van der Waals surface area contributed by atoms with E-state index in [2.05, 4.69) is 15.3 Å². The second kappa shape index (κ2) is 6.90. The molecule has 26 heavy (non-hydrogen) atoms. The van der Waals surface area contributed by atoms with Crippen LogP contribution in [-0.4, -0.2) is 40.0 Å². The van der Waals surface area contributed by atoms with Gasteiger partial charge in [0, 0.05) is 47.1 Å². The maximum absolute atomic E-state index is 12.8. The third-order valence-electron chi connectivity index (χ3n) is 4.89. The number of amides is 1. The van der Waals surface area contributed by atoms with Crippen LogP contribution in [0, 0.1) is 0 Å². The normalized spacial score (nSPS) is 17.6. The number of carbonyl (C=O) groups excluding carboxylic acids is 2. The van der Waals surface area contributed by atoms with Crippen LogP contribution in [0.15, 0.2) is 24.7 Å². The average molecular weight is 354 g/mol. The van der Waals surface area contributed by atoms with E-state index >= 15 is 0 Å². The number of imidazole rings is 1. The van der Waals surface area contributed by atoms with Gasteiger partial charge in [-0.2, -0.15) is 0 Å². The first-order chi connectivity index (χ1) is 12.6. The van der Waals surface area contributed by atoms with Crippen molar-refractivity contribution >= 4 is 11.9 Å². The predicted octanol–water partition coefficient (Wildman–Crippen LogP) is 2.07. The predicted molar refractivity (Wildman–Crippen MR) is 93.7 cm³/mol. The number of carbonyl (C=O) groups is 2. The van der Waals surface area contributed by atoms with Crippen molar-refractivity contribution in [2.75, 3.05) is 7.11 Å². The molecule has 2 heterocycles. The molecule has 2 fully saturated rings. The molecule has 7 nitrogen and oxygen atoms in total. The number of methoxy groups -OCH3 is 1. The van der Waals surface area contributed by atoms with Crippen molar-refractivity contribution in [2.24, 2.45) is 0 Å². The molecule has 2 N–H and O–H groups in total. The Hall–Kier alpha value is -2.70.